The Labute approximate surface area is 391 Å². The van der Waals surface area contributed by atoms with E-state index in [9.17, 15) is 29.4 Å². The number of aliphatic carboxylic acids is 2. The molecule has 67 heavy (non-hydrogen) atoms. The fourth-order valence-electron chi connectivity index (χ4n) is 9.57. The van der Waals surface area contributed by atoms with Crippen LogP contribution in [0.15, 0.2) is 119 Å². The van der Waals surface area contributed by atoms with Crippen LogP contribution in [0.2, 0.25) is 0 Å². The van der Waals surface area contributed by atoms with E-state index < -0.39 is 23.8 Å². The molecule has 0 unspecified atom stereocenters. The standard InChI is InChI=1S/C54H48N2O10S/c57-49(55-23-17-33(18-24-55)53(59)60)15-11-37-31-45(35-9-13-47-39(29-35)21-27-63-65-47)51(43-7-3-1-5-41(37)43)67-52-44-8-4-2-6-42(44)38(12-16-50(58)56-25-19-34(20-26-56)54(61)62)32-46(52)36-10-14-48-40(30-36)22-28-64-66-48/h1-16,29-34H,17-28H2,(H,59,60)(H,61,62)/b15-11+,16-12+. The van der Waals surface area contributed by atoms with Crippen LogP contribution >= 0.6 is 11.8 Å². The first-order chi connectivity index (χ1) is 32.7. The fraction of sp³-hybridized carbons (Fsp3) is 0.259. The van der Waals surface area contributed by atoms with Gasteiger partial charge in [-0.2, -0.15) is 9.78 Å². The van der Waals surface area contributed by atoms with E-state index in [4.69, 9.17) is 19.6 Å². The summed E-state index contributed by atoms with van der Waals surface area (Å²) in [4.78, 5) is 77.7. The number of hydrogen-bond acceptors (Lipinski definition) is 9. The van der Waals surface area contributed by atoms with Gasteiger partial charge in [0.1, 0.15) is 0 Å². The molecule has 340 valence electrons. The first kappa shape index (κ1) is 43.9. The van der Waals surface area contributed by atoms with Crippen molar-refractivity contribution in [1.29, 1.82) is 0 Å². The van der Waals surface area contributed by atoms with E-state index in [1.165, 1.54) is 0 Å². The number of piperidine rings is 2. The predicted molar refractivity (Wildman–Crippen MR) is 255 cm³/mol. The second kappa shape index (κ2) is 19.1. The lowest BCUT2D eigenvalue weighted by Gasteiger charge is -2.29. The molecule has 0 radical (unpaired) electrons. The van der Waals surface area contributed by atoms with Crippen LogP contribution in [0.25, 0.3) is 56.0 Å². The molecule has 0 aromatic heterocycles. The Morgan fingerprint density at radius 2 is 0.940 bits per heavy atom. The van der Waals surface area contributed by atoms with Crippen molar-refractivity contribution >= 4 is 69.2 Å². The second-order valence-electron chi connectivity index (χ2n) is 17.4. The van der Waals surface area contributed by atoms with E-state index >= 15 is 0 Å². The lowest BCUT2D eigenvalue weighted by atomic mass is 9.94. The van der Waals surface area contributed by atoms with E-state index in [0.29, 0.717) is 89.4 Å². The van der Waals surface area contributed by atoms with E-state index in [2.05, 4.69) is 48.5 Å². The highest BCUT2D eigenvalue weighted by Gasteiger charge is 2.28. The third kappa shape index (κ3) is 9.14. The largest absolute Gasteiger partial charge is 0.481 e. The topological polar surface area (TPSA) is 152 Å². The SMILES string of the molecule is O=C(O)C1CCN(C(=O)/C=C/c2cc(-c3ccc4c(c3)CCOO4)c(Sc3c(-c4ccc5c(c4)CCOO5)cc(/C=C/C(=O)N4CCC(C(=O)O)CC4)c4ccccc34)c3ccccc23)CC1. The number of amides is 2. The number of rotatable bonds is 10. The highest BCUT2D eigenvalue weighted by atomic mass is 32.2. The Hall–Kier alpha value is -6.93. The normalized spacial score (nSPS) is 16.8. The van der Waals surface area contributed by atoms with Crippen LogP contribution in [0, 0.1) is 11.8 Å². The van der Waals surface area contributed by atoms with Gasteiger partial charge in [-0.1, -0.05) is 72.4 Å². The molecule has 0 atom stereocenters. The first-order valence-corrected chi connectivity index (χ1v) is 23.5. The number of fused-ring (bicyclic) bond motifs is 4. The van der Waals surface area contributed by atoms with Crippen LogP contribution in [-0.4, -0.2) is 83.2 Å². The van der Waals surface area contributed by atoms with Crippen LogP contribution in [0.4, 0.5) is 0 Å². The van der Waals surface area contributed by atoms with Crippen LogP contribution < -0.4 is 9.78 Å². The van der Waals surface area contributed by atoms with Gasteiger partial charge in [0, 0.05) is 72.1 Å². The number of hydrogen-bond donors (Lipinski definition) is 2. The summed E-state index contributed by atoms with van der Waals surface area (Å²) >= 11 is 1.67. The van der Waals surface area contributed by atoms with Crippen molar-refractivity contribution in [3.05, 3.63) is 131 Å². The molecule has 0 spiro atoms. The summed E-state index contributed by atoms with van der Waals surface area (Å²) in [6.45, 7) is 2.42. The average Bonchev–Trinajstić information content (AvgIpc) is 3.37. The molecule has 6 aromatic carbocycles. The highest BCUT2D eigenvalue weighted by molar-refractivity contribution is 8.00. The summed E-state index contributed by atoms with van der Waals surface area (Å²) in [7, 11) is 0. The van der Waals surface area contributed by atoms with Crippen molar-refractivity contribution in [2.75, 3.05) is 39.4 Å². The monoisotopic (exact) mass is 916 g/mol. The molecule has 12 nitrogen and oxygen atoms in total. The molecule has 4 heterocycles. The van der Waals surface area contributed by atoms with Crippen molar-refractivity contribution in [2.24, 2.45) is 11.8 Å². The van der Waals surface area contributed by atoms with Crippen LogP contribution in [0.3, 0.4) is 0 Å². The van der Waals surface area contributed by atoms with E-state index in [1.54, 1.807) is 33.7 Å². The van der Waals surface area contributed by atoms with Crippen LogP contribution in [-0.2, 0) is 41.8 Å². The maximum Gasteiger partial charge on any atom is 0.306 e. The molecular weight excluding hydrogens is 869 g/mol. The Kier molecular flexibility index (Phi) is 12.5. The summed E-state index contributed by atoms with van der Waals surface area (Å²) < 4.78 is 0. The second-order valence-corrected chi connectivity index (χ2v) is 18.4. The third-order valence-corrected chi connectivity index (χ3v) is 14.6. The first-order valence-electron chi connectivity index (χ1n) is 22.7. The van der Waals surface area contributed by atoms with Gasteiger partial charge in [-0.25, -0.2) is 0 Å². The Balaban J connectivity index is 1.11. The maximum absolute atomic E-state index is 13.6. The zero-order chi connectivity index (χ0) is 46.0. The van der Waals surface area contributed by atoms with Gasteiger partial charge >= 0.3 is 11.9 Å². The minimum absolute atomic E-state index is 0.157. The number of carbonyl (C=O) groups excluding carboxylic acids is 2. The number of carboxylic acid groups (broad SMARTS) is 2. The smallest absolute Gasteiger partial charge is 0.306 e. The molecule has 0 bridgehead atoms. The number of carbonyl (C=O) groups is 4. The summed E-state index contributed by atoms with van der Waals surface area (Å²) in [5.74, 6) is -1.49. The van der Waals surface area contributed by atoms with Crippen molar-refractivity contribution in [2.45, 2.75) is 48.3 Å². The van der Waals surface area contributed by atoms with Crippen molar-refractivity contribution < 1.29 is 48.9 Å². The molecule has 2 saturated heterocycles. The molecule has 2 N–H and O–H groups in total. The summed E-state index contributed by atoms with van der Waals surface area (Å²) in [6.07, 6.45) is 10.0. The van der Waals surface area contributed by atoms with Gasteiger partial charge < -0.3 is 29.8 Å². The fourth-order valence-corrected chi connectivity index (χ4v) is 10.9. The molecule has 0 saturated carbocycles. The van der Waals surface area contributed by atoms with Gasteiger partial charge in [-0.05, 0) is 129 Å². The molecule has 0 aliphatic carbocycles. The van der Waals surface area contributed by atoms with Gasteiger partial charge in [0.15, 0.2) is 11.5 Å². The lowest BCUT2D eigenvalue weighted by Crippen LogP contribution is -2.39. The summed E-state index contributed by atoms with van der Waals surface area (Å²) in [6, 6.07) is 33.0. The van der Waals surface area contributed by atoms with E-state index in [-0.39, 0.29) is 11.8 Å². The quantitative estimate of drug-likeness (QED) is 0.0998. The molecule has 4 aliphatic rings. The summed E-state index contributed by atoms with van der Waals surface area (Å²) in [5.41, 5.74) is 7.62. The van der Waals surface area contributed by atoms with E-state index in [1.807, 2.05) is 60.7 Å². The number of likely N-dealkylation sites (tertiary alicyclic amines) is 2. The Morgan fingerprint density at radius 3 is 1.34 bits per heavy atom. The van der Waals surface area contributed by atoms with Crippen molar-refractivity contribution in [1.82, 2.24) is 9.80 Å². The average molecular weight is 917 g/mol. The summed E-state index contributed by atoms with van der Waals surface area (Å²) in [5, 5.41) is 22.9. The molecule has 13 heteroatoms. The molecule has 10 rings (SSSR count). The van der Waals surface area contributed by atoms with Crippen molar-refractivity contribution in [3.63, 3.8) is 0 Å². The molecule has 2 amide bonds. The molecular formula is C54H48N2O10S. The van der Waals surface area contributed by atoms with Crippen molar-refractivity contribution in [3.8, 4) is 33.8 Å². The zero-order valence-corrected chi connectivity index (χ0v) is 37.5. The van der Waals surface area contributed by atoms with Gasteiger partial charge in [0.05, 0.1) is 25.0 Å². The van der Waals surface area contributed by atoms with Gasteiger partial charge in [0.25, 0.3) is 0 Å². The van der Waals surface area contributed by atoms with E-state index in [0.717, 1.165) is 75.8 Å². The number of nitrogens with zero attached hydrogens (tertiary/aromatic N) is 2. The number of carboxylic acids is 2. The molecule has 2 fully saturated rings. The Morgan fingerprint density at radius 1 is 0.537 bits per heavy atom. The molecule has 4 aliphatic heterocycles. The third-order valence-electron chi connectivity index (χ3n) is 13.3. The predicted octanol–water partition coefficient (Wildman–Crippen LogP) is 9.88. The molecule has 6 aromatic rings. The maximum atomic E-state index is 13.6. The highest BCUT2D eigenvalue weighted by Crippen LogP contribution is 2.49. The van der Waals surface area contributed by atoms with Gasteiger partial charge in [-0.3, -0.25) is 19.2 Å². The number of benzene rings is 6. The zero-order valence-electron chi connectivity index (χ0n) is 36.7. The minimum Gasteiger partial charge on any atom is -0.481 e. The lowest BCUT2D eigenvalue weighted by molar-refractivity contribution is -0.215. The van der Waals surface area contributed by atoms with Crippen LogP contribution in [0.5, 0.6) is 11.5 Å². The minimum atomic E-state index is -0.819. The Bertz CT molecular complexity index is 2800. The van der Waals surface area contributed by atoms with Gasteiger partial charge in [-0.15, -0.1) is 0 Å². The van der Waals surface area contributed by atoms with Gasteiger partial charge in [0.2, 0.25) is 11.8 Å². The van der Waals surface area contributed by atoms with Crippen LogP contribution in [0.1, 0.15) is 47.9 Å².